The van der Waals surface area contributed by atoms with Crippen molar-refractivity contribution < 1.29 is 19.0 Å². The molecular formula is C33H52N2O4. The molecule has 0 amide bonds. The van der Waals surface area contributed by atoms with Gasteiger partial charge in [0, 0.05) is 49.5 Å². The molecule has 0 aromatic rings. The summed E-state index contributed by atoms with van der Waals surface area (Å²) in [5, 5.41) is 0. The van der Waals surface area contributed by atoms with Crippen LogP contribution in [0.3, 0.4) is 0 Å². The van der Waals surface area contributed by atoms with Crippen molar-refractivity contribution in [1.29, 1.82) is 0 Å². The molecule has 0 aromatic heterocycles. The maximum Gasteiger partial charge on any atom is 0.155 e. The Kier molecular flexibility index (Phi) is 6.15. The van der Waals surface area contributed by atoms with Crippen molar-refractivity contribution in [3.8, 4) is 0 Å². The number of rotatable bonds is 6. The molecular weight excluding hydrogens is 488 g/mol. The quantitative estimate of drug-likeness (QED) is 0.491. The molecule has 2 heterocycles. The molecule has 0 radical (unpaired) electrons. The third-order valence-electron chi connectivity index (χ3n) is 14.1. The first-order chi connectivity index (χ1) is 18.6. The minimum Gasteiger partial charge on any atom is -0.382 e. The van der Waals surface area contributed by atoms with Crippen molar-refractivity contribution in [2.24, 2.45) is 45.7 Å². The molecule has 0 aromatic carbocycles. The summed E-state index contributed by atoms with van der Waals surface area (Å²) < 4.78 is 18.5. The molecule has 5 aliphatic carbocycles. The molecule has 6 heteroatoms. The third-order valence-corrected chi connectivity index (χ3v) is 14.1. The maximum absolute atomic E-state index is 12.3. The number of hydrogen-bond acceptors (Lipinski definition) is 6. The molecule has 218 valence electrons. The molecule has 2 spiro atoms. The molecule has 39 heavy (non-hydrogen) atoms. The highest BCUT2D eigenvalue weighted by Gasteiger charge is 2.88. The number of ether oxygens (including phenoxy) is 3. The predicted molar refractivity (Wildman–Crippen MR) is 151 cm³/mol. The van der Waals surface area contributed by atoms with Gasteiger partial charge in [-0.05, 0) is 86.0 Å². The molecule has 2 unspecified atom stereocenters. The van der Waals surface area contributed by atoms with Gasteiger partial charge in [-0.3, -0.25) is 9.69 Å². The van der Waals surface area contributed by atoms with Crippen LogP contribution < -0.4 is 5.73 Å². The number of carbonyl (C=O) groups is 1. The van der Waals surface area contributed by atoms with Crippen LogP contribution >= 0.6 is 0 Å². The number of nitrogens with two attached hydrogens (primary N) is 1. The molecule has 7 rings (SSSR count). The Morgan fingerprint density at radius 3 is 2.72 bits per heavy atom. The van der Waals surface area contributed by atoms with Crippen molar-refractivity contribution in [3.63, 3.8) is 0 Å². The lowest BCUT2D eigenvalue weighted by Gasteiger charge is -2.54. The Morgan fingerprint density at radius 2 is 1.92 bits per heavy atom. The van der Waals surface area contributed by atoms with Gasteiger partial charge in [0.2, 0.25) is 0 Å². The van der Waals surface area contributed by atoms with Gasteiger partial charge in [-0.1, -0.05) is 33.3 Å². The van der Waals surface area contributed by atoms with Gasteiger partial charge in [-0.25, -0.2) is 0 Å². The van der Waals surface area contributed by atoms with Crippen molar-refractivity contribution in [3.05, 3.63) is 11.6 Å². The summed E-state index contributed by atoms with van der Waals surface area (Å²) in [6.45, 7) is 14.1. The molecule has 6 nitrogen and oxygen atoms in total. The zero-order valence-electron chi connectivity index (χ0n) is 25.1. The first-order valence-corrected chi connectivity index (χ1v) is 16.1. The highest BCUT2D eigenvalue weighted by molar-refractivity contribution is 5.91. The highest BCUT2D eigenvalue weighted by atomic mass is 16.5. The number of methoxy groups -OCH3 is 1. The summed E-state index contributed by atoms with van der Waals surface area (Å²) in [4.78, 5) is 15.1. The van der Waals surface area contributed by atoms with Crippen LogP contribution in [0.5, 0.6) is 0 Å². The fourth-order valence-electron chi connectivity index (χ4n) is 12.2. The fraction of sp³-hybridized carbons (Fsp3) is 0.909. The van der Waals surface area contributed by atoms with E-state index in [-0.39, 0.29) is 27.4 Å². The zero-order valence-corrected chi connectivity index (χ0v) is 25.1. The number of ketones is 1. The lowest BCUT2D eigenvalue weighted by atomic mass is 9.54. The van der Waals surface area contributed by atoms with E-state index in [4.69, 9.17) is 19.9 Å². The number of carbonyl (C=O) groups excluding carboxylic acids is 1. The number of hydrogen-bond donors (Lipinski definition) is 1. The van der Waals surface area contributed by atoms with E-state index < -0.39 is 0 Å². The predicted octanol–water partition coefficient (Wildman–Crippen LogP) is 4.75. The van der Waals surface area contributed by atoms with Crippen LogP contribution in [0.2, 0.25) is 0 Å². The molecule has 11 atom stereocenters. The van der Waals surface area contributed by atoms with Crippen LogP contribution in [0.1, 0.15) is 85.5 Å². The lowest BCUT2D eigenvalue weighted by Crippen LogP contribution is -2.62. The van der Waals surface area contributed by atoms with E-state index in [1.807, 2.05) is 6.08 Å². The average molecular weight is 541 g/mol. The van der Waals surface area contributed by atoms with Gasteiger partial charge in [0.1, 0.15) is 0 Å². The second-order valence-electron chi connectivity index (χ2n) is 15.4. The van der Waals surface area contributed by atoms with Gasteiger partial charge in [-0.15, -0.1) is 0 Å². The van der Waals surface area contributed by atoms with E-state index in [0.29, 0.717) is 61.2 Å². The van der Waals surface area contributed by atoms with E-state index in [9.17, 15) is 4.79 Å². The van der Waals surface area contributed by atoms with Crippen molar-refractivity contribution in [1.82, 2.24) is 4.90 Å². The Labute approximate surface area is 235 Å². The van der Waals surface area contributed by atoms with Crippen molar-refractivity contribution in [2.75, 3.05) is 40.0 Å². The fourth-order valence-corrected chi connectivity index (χ4v) is 12.2. The van der Waals surface area contributed by atoms with Crippen LogP contribution in [0, 0.1) is 39.9 Å². The smallest absolute Gasteiger partial charge is 0.155 e. The molecule has 4 saturated carbocycles. The molecule has 2 aliphatic heterocycles. The summed E-state index contributed by atoms with van der Waals surface area (Å²) >= 11 is 0. The zero-order chi connectivity index (χ0) is 27.4. The second kappa shape index (κ2) is 8.86. The van der Waals surface area contributed by atoms with Crippen LogP contribution in [-0.2, 0) is 19.0 Å². The van der Waals surface area contributed by atoms with Crippen LogP contribution in [0.25, 0.3) is 0 Å². The minimum absolute atomic E-state index is 0.0833. The average Bonchev–Trinajstić information content (AvgIpc) is 3.31. The second-order valence-corrected chi connectivity index (χ2v) is 15.4. The van der Waals surface area contributed by atoms with Gasteiger partial charge in [0.25, 0.3) is 0 Å². The van der Waals surface area contributed by atoms with Gasteiger partial charge in [0.05, 0.1) is 31.5 Å². The van der Waals surface area contributed by atoms with Crippen LogP contribution in [0.4, 0.5) is 0 Å². The molecule has 2 saturated heterocycles. The normalized spacial score (nSPS) is 54.0. The molecule has 7 aliphatic rings. The Bertz CT molecular complexity index is 1060. The van der Waals surface area contributed by atoms with Gasteiger partial charge in [0.15, 0.2) is 5.78 Å². The van der Waals surface area contributed by atoms with Gasteiger partial charge >= 0.3 is 0 Å². The van der Waals surface area contributed by atoms with E-state index in [2.05, 4.69) is 32.6 Å². The topological polar surface area (TPSA) is 74.0 Å². The van der Waals surface area contributed by atoms with E-state index >= 15 is 0 Å². The van der Waals surface area contributed by atoms with Crippen LogP contribution in [0.15, 0.2) is 11.6 Å². The standard InChI is InChI=1S/C33H52N2O4/c1-21-16-27-28(35(19-21)12-13-38-15-14-37-5)22(2)33(39-27)11-10-32(34)25-7-6-23-17-24(36)8-9-29(23,3)26(25)18-31(32)20-30(31,33)4/h17,21-22,25-28H,6-16,18-20,34H2,1-5H3/t21-,22+,25+,26-,27+,28-,29-,30?,31?,32+,33+/m0/s1. The first kappa shape index (κ1) is 27.1. The summed E-state index contributed by atoms with van der Waals surface area (Å²) in [7, 11) is 1.73. The summed E-state index contributed by atoms with van der Waals surface area (Å²) in [6.07, 6.45) is 12.1. The maximum atomic E-state index is 12.3. The Morgan fingerprint density at radius 1 is 1.10 bits per heavy atom. The van der Waals surface area contributed by atoms with Gasteiger partial charge < -0.3 is 19.9 Å². The van der Waals surface area contributed by atoms with Crippen molar-refractivity contribution in [2.45, 2.75) is 109 Å². The Hall–Kier alpha value is -0.790. The molecule has 2 N–H and O–H groups in total. The third kappa shape index (κ3) is 3.36. The van der Waals surface area contributed by atoms with Crippen molar-refractivity contribution >= 4 is 5.78 Å². The van der Waals surface area contributed by atoms with E-state index in [1.165, 1.54) is 24.8 Å². The largest absolute Gasteiger partial charge is 0.382 e. The van der Waals surface area contributed by atoms with Crippen LogP contribution in [-0.4, -0.2) is 74.0 Å². The number of nitrogens with zero attached hydrogens (tertiary/aromatic N) is 1. The summed E-state index contributed by atoms with van der Waals surface area (Å²) in [5.41, 5.74) is 9.43. The summed E-state index contributed by atoms with van der Waals surface area (Å²) in [6, 6.07) is 0.465. The van der Waals surface area contributed by atoms with E-state index in [0.717, 1.165) is 51.8 Å². The summed E-state index contributed by atoms with van der Waals surface area (Å²) in [5.74, 6) is 2.65. The Balaban J connectivity index is 1.17. The highest BCUT2D eigenvalue weighted by Crippen LogP contribution is 2.87. The number of piperidine rings is 1. The minimum atomic E-state index is -0.0906. The first-order valence-electron chi connectivity index (χ1n) is 16.1. The number of fused-ring (bicyclic) bond motifs is 6. The lowest BCUT2D eigenvalue weighted by molar-refractivity contribution is -0.152. The number of allylic oxidation sites excluding steroid dienone is 2. The SMILES string of the molecule is COCCOCCN1C[C@@H](C)C[C@H]2O[C@]3(CC[C@@]4(N)[C@@H]5CCC6=CC(=O)CC[C@]6(C)[C@H]5CC45CC53C)[C@H](C)[C@@H]21. The molecule has 0 bridgehead atoms. The molecule has 6 fully saturated rings. The monoisotopic (exact) mass is 540 g/mol. The van der Waals surface area contributed by atoms with E-state index in [1.54, 1.807) is 7.11 Å². The number of likely N-dealkylation sites (tertiary alicyclic amines) is 1. The van der Waals surface area contributed by atoms with Gasteiger partial charge in [-0.2, -0.15) is 0 Å².